The molecule has 6 nitrogen and oxygen atoms in total. The zero-order valence-electron chi connectivity index (χ0n) is 11.6. The summed E-state index contributed by atoms with van der Waals surface area (Å²) >= 11 is 0. The van der Waals surface area contributed by atoms with Crippen LogP contribution in [0.25, 0.3) is 11.3 Å². The summed E-state index contributed by atoms with van der Waals surface area (Å²) in [5.74, 6) is -0.179. The Balaban J connectivity index is 2.10. The van der Waals surface area contributed by atoms with Crippen LogP contribution in [0.4, 0.5) is 4.39 Å². The first-order chi connectivity index (χ1) is 10.1. The Hall–Kier alpha value is -2.70. The summed E-state index contributed by atoms with van der Waals surface area (Å²) in [6.07, 6.45) is 1.44. The van der Waals surface area contributed by atoms with Gasteiger partial charge in [-0.15, -0.1) is 0 Å². The number of nitrogens with zero attached hydrogens (tertiary/aromatic N) is 2. The van der Waals surface area contributed by atoms with Gasteiger partial charge in [0.15, 0.2) is 12.4 Å². The van der Waals surface area contributed by atoms with Gasteiger partial charge in [-0.3, -0.25) is 4.79 Å². The molecule has 0 aliphatic carbocycles. The van der Waals surface area contributed by atoms with E-state index in [2.05, 4.69) is 15.7 Å². The van der Waals surface area contributed by atoms with E-state index in [9.17, 15) is 9.18 Å². The van der Waals surface area contributed by atoms with Crippen LogP contribution in [0.15, 0.2) is 40.1 Å². The molecule has 1 aromatic heterocycles. The van der Waals surface area contributed by atoms with E-state index < -0.39 is 11.7 Å². The summed E-state index contributed by atoms with van der Waals surface area (Å²) < 4.78 is 23.7. The molecule has 0 spiro atoms. The van der Waals surface area contributed by atoms with E-state index in [1.165, 1.54) is 24.4 Å². The van der Waals surface area contributed by atoms with Crippen molar-refractivity contribution < 1.29 is 18.4 Å². The molecule has 0 bridgehead atoms. The normalized spacial score (nSPS) is 10.0. The lowest BCUT2D eigenvalue weighted by Crippen LogP contribution is -2.25. The maximum atomic E-state index is 13.3. The van der Waals surface area contributed by atoms with Crippen LogP contribution in [0.3, 0.4) is 0 Å². The lowest BCUT2D eigenvalue weighted by atomic mass is 10.1. The Morgan fingerprint density at radius 2 is 2.24 bits per heavy atom. The van der Waals surface area contributed by atoms with E-state index in [0.29, 0.717) is 22.8 Å². The summed E-state index contributed by atoms with van der Waals surface area (Å²) in [6, 6.07) is 5.49. The van der Waals surface area contributed by atoms with E-state index >= 15 is 0 Å². The molecule has 0 unspecified atom stereocenters. The second-order valence-electron chi connectivity index (χ2n) is 4.40. The fourth-order valence-electron chi connectivity index (χ4n) is 1.53. The van der Waals surface area contributed by atoms with Crippen LogP contribution in [0.1, 0.15) is 13.8 Å². The summed E-state index contributed by atoms with van der Waals surface area (Å²) in [6.45, 7) is 3.26. The summed E-state index contributed by atoms with van der Waals surface area (Å²) in [5, 5.41) is 7.34. The van der Waals surface area contributed by atoms with Crippen LogP contribution < -0.4 is 10.2 Å². The zero-order valence-corrected chi connectivity index (χ0v) is 11.6. The first kappa shape index (κ1) is 14.7. The van der Waals surface area contributed by atoms with Gasteiger partial charge in [0.2, 0.25) is 0 Å². The smallest absolute Gasteiger partial charge is 0.277 e. The highest BCUT2D eigenvalue weighted by atomic mass is 19.1. The zero-order chi connectivity index (χ0) is 15.2. The maximum absolute atomic E-state index is 13.3. The summed E-state index contributed by atoms with van der Waals surface area (Å²) in [4.78, 5) is 11.5. The lowest BCUT2D eigenvalue weighted by molar-refractivity contribution is -0.123. The van der Waals surface area contributed by atoms with Crippen molar-refractivity contribution in [2.45, 2.75) is 13.8 Å². The minimum absolute atomic E-state index is 0.246. The quantitative estimate of drug-likeness (QED) is 0.677. The minimum Gasteiger partial charge on any atom is -0.483 e. The number of rotatable bonds is 5. The molecule has 21 heavy (non-hydrogen) atoms. The summed E-state index contributed by atoms with van der Waals surface area (Å²) in [5.41, 5.74) is 3.43. The Bertz CT molecular complexity index is 649. The highest BCUT2D eigenvalue weighted by molar-refractivity contribution is 5.83. The Kier molecular flexibility index (Phi) is 4.65. The van der Waals surface area contributed by atoms with Crippen LogP contribution in [0.2, 0.25) is 0 Å². The van der Waals surface area contributed by atoms with E-state index in [1.807, 2.05) is 0 Å². The molecular formula is C14H14FN3O3. The van der Waals surface area contributed by atoms with E-state index in [0.717, 1.165) is 0 Å². The first-order valence-electron chi connectivity index (χ1n) is 6.19. The molecule has 1 N–H and O–H groups in total. The standard InChI is InChI=1S/C14H14FN3O3/c1-9(2)17-18-14(19)8-20-12-4-3-10(15)7-11(12)13-5-6-16-21-13/h3-7H,8H2,1-2H3,(H,18,19). The second-order valence-corrected chi connectivity index (χ2v) is 4.40. The third kappa shape index (κ3) is 4.13. The van der Waals surface area contributed by atoms with Crippen molar-refractivity contribution >= 4 is 11.6 Å². The highest BCUT2D eigenvalue weighted by Gasteiger charge is 2.12. The van der Waals surface area contributed by atoms with Gasteiger partial charge in [-0.2, -0.15) is 5.10 Å². The van der Waals surface area contributed by atoms with Crippen molar-refractivity contribution in [2.75, 3.05) is 6.61 Å². The fraction of sp³-hybridized carbons (Fsp3) is 0.214. The third-order valence-electron chi connectivity index (χ3n) is 2.41. The number of amides is 1. The molecular weight excluding hydrogens is 277 g/mol. The first-order valence-corrected chi connectivity index (χ1v) is 6.19. The molecule has 1 amide bonds. The van der Waals surface area contributed by atoms with Crippen LogP contribution in [0, 0.1) is 5.82 Å². The van der Waals surface area contributed by atoms with Crippen molar-refractivity contribution in [3.63, 3.8) is 0 Å². The average Bonchev–Trinajstić information content (AvgIpc) is 2.97. The van der Waals surface area contributed by atoms with E-state index in [1.54, 1.807) is 19.9 Å². The number of nitrogens with one attached hydrogen (secondary N) is 1. The molecule has 0 atom stereocenters. The Morgan fingerprint density at radius 1 is 1.43 bits per heavy atom. The van der Waals surface area contributed by atoms with Gasteiger partial charge in [-0.05, 0) is 32.0 Å². The number of aromatic nitrogens is 1. The highest BCUT2D eigenvalue weighted by Crippen LogP contribution is 2.30. The Labute approximate surface area is 120 Å². The van der Waals surface area contributed by atoms with Gasteiger partial charge in [0.05, 0.1) is 11.8 Å². The van der Waals surface area contributed by atoms with Gasteiger partial charge in [-0.25, -0.2) is 9.82 Å². The van der Waals surface area contributed by atoms with Crippen LogP contribution in [-0.4, -0.2) is 23.4 Å². The van der Waals surface area contributed by atoms with E-state index in [-0.39, 0.29) is 6.61 Å². The van der Waals surface area contributed by atoms with Crippen molar-refractivity contribution in [1.82, 2.24) is 10.6 Å². The van der Waals surface area contributed by atoms with Gasteiger partial charge in [0, 0.05) is 11.8 Å². The molecule has 0 saturated heterocycles. The molecule has 2 aromatic rings. The van der Waals surface area contributed by atoms with Gasteiger partial charge < -0.3 is 9.26 Å². The van der Waals surface area contributed by atoms with Gasteiger partial charge in [-0.1, -0.05) is 5.16 Å². The Morgan fingerprint density at radius 3 is 2.90 bits per heavy atom. The number of hydrogen-bond acceptors (Lipinski definition) is 5. The fourth-order valence-corrected chi connectivity index (χ4v) is 1.53. The molecule has 0 saturated carbocycles. The van der Waals surface area contributed by atoms with Crippen molar-refractivity contribution in [1.29, 1.82) is 0 Å². The van der Waals surface area contributed by atoms with Gasteiger partial charge in [0.25, 0.3) is 5.91 Å². The maximum Gasteiger partial charge on any atom is 0.277 e. The summed E-state index contributed by atoms with van der Waals surface area (Å²) in [7, 11) is 0. The minimum atomic E-state index is -0.440. The largest absolute Gasteiger partial charge is 0.483 e. The van der Waals surface area contributed by atoms with Crippen LogP contribution >= 0.6 is 0 Å². The average molecular weight is 291 g/mol. The molecule has 110 valence electrons. The van der Waals surface area contributed by atoms with Crippen LogP contribution in [0.5, 0.6) is 5.75 Å². The number of halogens is 1. The number of benzene rings is 1. The van der Waals surface area contributed by atoms with E-state index in [4.69, 9.17) is 9.26 Å². The predicted octanol–water partition coefficient (Wildman–Crippen LogP) is 2.37. The number of carbonyl (C=O) groups is 1. The molecule has 2 rings (SSSR count). The molecule has 0 fully saturated rings. The van der Waals surface area contributed by atoms with Crippen molar-refractivity contribution in [2.24, 2.45) is 5.10 Å². The molecule has 1 heterocycles. The topological polar surface area (TPSA) is 76.7 Å². The number of carbonyl (C=O) groups excluding carboxylic acids is 1. The monoisotopic (exact) mass is 291 g/mol. The molecule has 7 heteroatoms. The molecule has 0 aliphatic heterocycles. The molecule has 1 aromatic carbocycles. The predicted molar refractivity (Wildman–Crippen MR) is 74.3 cm³/mol. The SMILES string of the molecule is CC(C)=NNC(=O)COc1ccc(F)cc1-c1ccno1. The lowest BCUT2D eigenvalue weighted by Gasteiger charge is -2.09. The van der Waals surface area contributed by atoms with Gasteiger partial charge in [0.1, 0.15) is 11.6 Å². The second kappa shape index (κ2) is 6.65. The molecule has 0 radical (unpaired) electrons. The number of ether oxygens (including phenoxy) is 1. The van der Waals surface area contributed by atoms with Crippen LogP contribution in [-0.2, 0) is 4.79 Å². The van der Waals surface area contributed by atoms with Gasteiger partial charge >= 0.3 is 0 Å². The van der Waals surface area contributed by atoms with Crippen molar-refractivity contribution in [3.8, 4) is 17.1 Å². The number of hydrazone groups is 1. The molecule has 0 aliphatic rings. The third-order valence-corrected chi connectivity index (χ3v) is 2.41. The number of hydrogen-bond donors (Lipinski definition) is 1. The van der Waals surface area contributed by atoms with Crippen molar-refractivity contribution in [3.05, 3.63) is 36.3 Å².